The van der Waals surface area contributed by atoms with Crippen LogP contribution in [-0.4, -0.2) is 19.6 Å². The summed E-state index contributed by atoms with van der Waals surface area (Å²) in [6.07, 6.45) is 3.95. The molecule has 0 heterocycles. The molecule has 0 aliphatic carbocycles. The van der Waals surface area contributed by atoms with Crippen molar-refractivity contribution in [2.45, 2.75) is 13.0 Å². The van der Waals surface area contributed by atoms with E-state index in [2.05, 4.69) is 5.32 Å². The van der Waals surface area contributed by atoms with Gasteiger partial charge < -0.3 is 10.1 Å². The standard InChI is InChI=1S/C6H11NO2/c1-6(9-2)3-4-7-5-8/h3-6H,1-2H3,(H,7,8)/b4-3+. The summed E-state index contributed by atoms with van der Waals surface area (Å²) < 4.78 is 4.85. The molecular weight excluding hydrogens is 118 g/mol. The second-order valence-electron chi connectivity index (χ2n) is 1.58. The van der Waals surface area contributed by atoms with E-state index in [0.717, 1.165) is 0 Å². The third kappa shape index (κ3) is 5.03. The number of carbonyl (C=O) groups excluding carboxylic acids is 1. The molecule has 1 N–H and O–H groups in total. The molecule has 0 bridgehead atoms. The molecule has 0 fully saturated rings. The predicted molar refractivity (Wildman–Crippen MR) is 34.8 cm³/mol. The third-order valence-electron chi connectivity index (χ3n) is 0.903. The lowest BCUT2D eigenvalue weighted by Crippen LogP contribution is -2.04. The van der Waals surface area contributed by atoms with Crippen LogP contribution in [0.3, 0.4) is 0 Å². The molecule has 0 saturated heterocycles. The van der Waals surface area contributed by atoms with Crippen LogP contribution in [0.15, 0.2) is 12.3 Å². The van der Waals surface area contributed by atoms with Crippen molar-refractivity contribution >= 4 is 6.41 Å². The Balaban J connectivity index is 3.31. The van der Waals surface area contributed by atoms with Crippen LogP contribution in [0.25, 0.3) is 0 Å². The molecule has 0 rings (SSSR count). The fourth-order valence-corrected chi connectivity index (χ4v) is 0.309. The van der Waals surface area contributed by atoms with E-state index in [9.17, 15) is 4.79 Å². The van der Waals surface area contributed by atoms with Crippen molar-refractivity contribution in [1.82, 2.24) is 5.32 Å². The third-order valence-corrected chi connectivity index (χ3v) is 0.903. The first-order valence-electron chi connectivity index (χ1n) is 2.70. The highest BCUT2D eigenvalue weighted by Crippen LogP contribution is 1.86. The molecule has 0 aromatic rings. The zero-order valence-corrected chi connectivity index (χ0v) is 5.63. The van der Waals surface area contributed by atoms with Gasteiger partial charge in [-0.2, -0.15) is 0 Å². The smallest absolute Gasteiger partial charge is 0.211 e. The number of hydrogen-bond acceptors (Lipinski definition) is 2. The molecule has 3 heteroatoms. The maximum atomic E-state index is 9.67. The average Bonchev–Trinajstić information content (AvgIpc) is 1.89. The van der Waals surface area contributed by atoms with Crippen molar-refractivity contribution in [1.29, 1.82) is 0 Å². The molecule has 0 spiro atoms. The Kier molecular flexibility index (Phi) is 4.82. The topological polar surface area (TPSA) is 38.3 Å². The van der Waals surface area contributed by atoms with Gasteiger partial charge in [0.1, 0.15) is 0 Å². The summed E-state index contributed by atoms with van der Waals surface area (Å²) in [4.78, 5) is 9.67. The summed E-state index contributed by atoms with van der Waals surface area (Å²) in [6, 6.07) is 0. The van der Waals surface area contributed by atoms with Gasteiger partial charge in [0.15, 0.2) is 0 Å². The summed E-state index contributed by atoms with van der Waals surface area (Å²) in [5, 5.41) is 2.37. The zero-order chi connectivity index (χ0) is 7.11. The Bertz CT molecular complexity index is 101. The maximum Gasteiger partial charge on any atom is 0.211 e. The van der Waals surface area contributed by atoms with E-state index < -0.39 is 0 Å². The second kappa shape index (κ2) is 5.31. The van der Waals surface area contributed by atoms with Gasteiger partial charge in [0.2, 0.25) is 6.41 Å². The predicted octanol–water partition coefficient (Wildman–Crippen LogP) is 0.281. The summed E-state index contributed by atoms with van der Waals surface area (Å²) >= 11 is 0. The molecule has 1 atom stereocenters. The van der Waals surface area contributed by atoms with Gasteiger partial charge in [0.25, 0.3) is 0 Å². The van der Waals surface area contributed by atoms with E-state index >= 15 is 0 Å². The summed E-state index contributed by atoms with van der Waals surface area (Å²) in [5.41, 5.74) is 0. The lowest BCUT2D eigenvalue weighted by Gasteiger charge is -1.99. The Morgan fingerprint density at radius 2 is 2.33 bits per heavy atom. The Morgan fingerprint density at radius 3 is 2.78 bits per heavy atom. The SMILES string of the molecule is COC(C)/C=C/NC=O. The second-order valence-corrected chi connectivity index (χ2v) is 1.58. The van der Waals surface area contributed by atoms with Crippen LogP contribution in [0.4, 0.5) is 0 Å². The molecule has 0 radical (unpaired) electrons. The number of rotatable bonds is 4. The zero-order valence-electron chi connectivity index (χ0n) is 5.63. The van der Waals surface area contributed by atoms with Gasteiger partial charge >= 0.3 is 0 Å². The van der Waals surface area contributed by atoms with E-state index in [1.165, 1.54) is 0 Å². The maximum absolute atomic E-state index is 9.67. The van der Waals surface area contributed by atoms with Crippen molar-refractivity contribution < 1.29 is 9.53 Å². The van der Waals surface area contributed by atoms with E-state index in [4.69, 9.17) is 4.74 Å². The van der Waals surface area contributed by atoms with Gasteiger partial charge in [0.05, 0.1) is 6.10 Å². The number of nitrogens with one attached hydrogen (secondary N) is 1. The van der Waals surface area contributed by atoms with Crippen LogP contribution in [0.1, 0.15) is 6.92 Å². The number of methoxy groups -OCH3 is 1. The van der Waals surface area contributed by atoms with Gasteiger partial charge in [-0.25, -0.2) is 0 Å². The quantitative estimate of drug-likeness (QED) is 0.554. The molecule has 52 valence electrons. The van der Waals surface area contributed by atoms with Crippen molar-refractivity contribution in [3.8, 4) is 0 Å². The molecule has 1 amide bonds. The molecular formula is C6H11NO2. The molecule has 3 nitrogen and oxygen atoms in total. The van der Waals surface area contributed by atoms with E-state index in [-0.39, 0.29) is 6.10 Å². The largest absolute Gasteiger partial charge is 0.378 e. The van der Waals surface area contributed by atoms with Gasteiger partial charge in [-0.3, -0.25) is 4.79 Å². The lowest BCUT2D eigenvalue weighted by molar-refractivity contribution is -0.108. The van der Waals surface area contributed by atoms with Crippen molar-refractivity contribution in [2.24, 2.45) is 0 Å². The van der Waals surface area contributed by atoms with Gasteiger partial charge in [-0.1, -0.05) is 0 Å². The average molecular weight is 129 g/mol. The Hall–Kier alpha value is -0.830. The fraction of sp³-hybridized carbons (Fsp3) is 0.500. The minimum atomic E-state index is 0.0532. The highest BCUT2D eigenvalue weighted by molar-refractivity contribution is 5.47. The van der Waals surface area contributed by atoms with Gasteiger partial charge in [-0.05, 0) is 13.0 Å². The van der Waals surface area contributed by atoms with Crippen LogP contribution >= 0.6 is 0 Å². The molecule has 1 unspecified atom stereocenters. The normalized spacial score (nSPS) is 13.6. The minimum Gasteiger partial charge on any atom is -0.378 e. The first-order valence-corrected chi connectivity index (χ1v) is 2.70. The highest BCUT2D eigenvalue weighted by Gasteiger charge is 1.87. The van der Waals surface area contributed by atoms with Crippen molar-refractivity contribution in [3.05, 3.63) is 12.3 Å². The molecule has 0 aromatic heterocycles. The number of amides is 1. The molecule has 0 aliphatic rings. The van der Waals surface area contributed by atoms with Crippen LogP contribution in [-0.2, 0) is 9.53 Å². The molecule has 0 saturated carbocycles. The van der Waals surface area contributed by atoms with Crippen LogP contribution in [0.2, 0.25) is 0 Å². The van der Waals surface area contributed by atoms with Crippen LogP contribution in [0.5, 0.6) is 0 Å². The van der Waals surface area contributed by atoms with Gasteiger partial charge in [-0.15, -0.1) is 0 Å². The van der Waals surface area contributed by atoms with Crippen LogP contribution in [0, 0.1) is 0 Å². The highest BCUT2D eigenvalue weighted by atomic mass is 16.5. The van der Waals surface area contributed by atoms with Crippen molar-refractivity contribution in [2.75, 3.05) is 7.11 Å². The lowest BCUT2D eigenvalue weighted by atomic mass is 10.4. The number of carbonyl (C=O) groups is 1. The van der Waals surface area contributed by atoms with E-state index in [1.807, 2.05) is 6.92 Å². The summed E-state index contributed by atoms with van der Waals surface area (Å²) in [7, 11) is 1.61. The molecule has 9 heavy (non-hydrogen) atoms. The monoisotopic (exact) mass is 129 g/mol. The van der Waals surface area contributed by atoms with Crippen LogP contribution < -0.4 is 5.32 Å². The number of hydrogen-bond donors (Lipinski definition) is 1. The van der Waals surface area contributed by atoms with Crippen molar-refractivity contribution in [3.63, 3.8) is 0 Å². The molecule has 0 aromatic carbocycles. The fourth-order valence-electron chi connectivity index (χ4n) is 0.309. The summed E-state index contributed by atoms with van der Waals surface area (Å²) in [5.74, 6) is 0. The number of ether oxygens (including phenoxy) is 1. The van der Waals surface area contributed by atoms with Gasteiger partial charge in [0, 0.05) is 13.3 Å². The first kappa shape index (κ1) is 8.17. The Morgan fingerprint density at radius 1 is 1.67 bits per heavy atom. The van der Waals surface area contributed by atoms with E-state index in [0.29, 0.717) is 6.41 Å². The molecule has 0 aliphatic heterocycles. The minimum absolute atomic E-state index is 0.0532. The van der Waals surface area contributed by atoms with E-state index in [1.54, 1.807) is 19.4 Å². The Labute approximate surface area is 54.7 Å². The first-order chi connectivity index (χ1) is 4.31. The summed E-state index contributed by atoms with van der Waals surface area (Å²) in [6.45, 7) is 1.88.